The maximum Gasteiger partial charge on any atom is 0.280 e. The molecule has 17 heavy (non-hydrogen) atoms. The summed E-state index contributed by atoms with van der Waals surface area (Å²) in [5.74, 6) is 0. The van der Waals surface area contributed by atoms with E-state index in [1.165, 1.54) is 0 Å². The Morgan fingerprint density at radius 3 is 2.53 bits per heavy atom. The van der Waals surface area contributed by atoms with Crippen molar-refractivity contribution >= 4 is 10.2 Å². The van der Waals surface area contributed by atoms with Crippen molar-refractivity contribution in [2.24, 2.45) is 5.73 Å². The third-order valence-corrected chi connectivity index (χ3v) is 5.95. The van der Waals surface area contributed by atoms with Crippen LogP contribution in [0.1, 0.15) is 45.4 Å². The van der Waals surface area contributed by atoms with Gasteiger partial charge in [0.2, 0.25) is 0 Å². The molecular formula is C11H23N3O2S. The van der Waals surface area contributed by atoms with E-state index in [0.717, 1.165) is 38.5 Å². The van der Waals surface area contributed by atoms with Crippen molar-refractivity contribution in [1.29, 1.82) is 0 Å². The summed E-state index contributed by atoms with van der Waals surface area (Å²) in [4.78, 5) is 0. The summed E-state index contributed by atoms with van der Waals surface area (Å²) in [6.07, 6.45) is 5.83. The van der Waals surface area contributed by atoms with Gasteiger partial charge in [-0.2, -0.15) is 17.4 Å². The van der Waals surface area contributed by atoms with Gasteiger partial charge in [0.15, 0.2) is 0 Å². The molecule has 1 aliphatic heterocycles. The van der Waals surface area contributed by atoms with E-state index in [1.807, 2.05) is 6.92 Å². The molecule has 2 rings (SSSR count). The molecule has 1 saturated heterocycles. The van der Waals surface area contributed by atoms with Crippen LogP contribution < -0.4 is 10.5 Å². The molecule has 6 heteroatoms. The third-order valence-electron chi connectivity index (χ3n) is 4.10. The summed E-state index contributed by atoms with van der Waals surface area (Å²) < 4.78 is 29.1. The Hall–Kier alpha value is -0.170. The highest BCUT2D eigenvalue weighted by Gasteiger charge is 2.42. The fourth-order valence-corrected chi connectivity index (χ4v) is 4.61. The van der Waals surface area contributed by atoms with Crippen LogP contribution in [-0.4, -0.2) is 37.4 Å². The Labute approximate surface area is 104 Å². The molecule has 0 aromatic heterocycles. The lowest BCUT2D eigenvalue weighted by Gasteiger charge is -2.43. The van der Waals surface area contributed by atoms with Gasteiger partial charge in [-0.1, -0.05) is 6.42 Å². The summed E-state index contributed by atoms with van der Waals surface area (Å²) in [5, 5.41) is 0. The van der Waals surface area contributed by atoms with E-state index in [4.69, 9.17) is 5.73 Å². The molecule has 0 aromatic rings. The van der Waals surface area contributed by atoms with Crippen molar-refractivity contribution in [3.8, 4) is 0 Å². The highest BCUT2D eigenvalue weighted by atomic mass is 32.2. The minimum Gasteiger partial charge on any atom is -0.329 e. The van der Waals surface area contributed by atoms with Gasteiger partial charge in [0, 0.05) is 24.7 Å². The van der Waals surface area contributed by atoms with E-state index in [2.05, 4.69) is 4.72 Å². The molecule has 1 aliphatic carbocycles. The van der Waals surface area contributed by atoms with Crippen molar-refractivity contribution in [2.75, 3.05) is 13.1 Å². The molecule has 1 heterocycles. The van der Waals surface area contributed by atoms with Gasteiger partial charge >= 0.3 is 0 Å². The van der Waals surface area contributed by atoms with Crippen molar-refractivity contribution < 1.29 is 8.42 Å². The molecule has 1 unspecified atom stereocenters. The van der Waals surface area contributed by atoms with Gasteiger partial charge in [0.05, 0.1) is 0 Å². The first kappa shape index (κ1) is 13.3. The van der Waals surface area contributed by atoms with E-state index in [-0.39, 0.29) is 11.6 Å². The number of piperidine rings is 1. The molecule has 2 aliphatic rings. The van der Waals surface area contributed by atoms with E-state index in [1.54, 1.807) is 4.31 Å². The number of nitrogens with two attached hydrogens (primary N) is 1. The quantitative estimate of drug-likeness (QED) is 0.777. The Balaban J connectivity index is 2.07. The van der Waals surface area contributed by atoms with Crippen molar-refractivity contribution in [1.82, 2.24) is 9.03 Å². The fraction of sp³-hybridized carbons (Fsp3) is 1.00. The first-order valence-electron chi connectivity index (χ1n) is 6.50. The Bertz CT molecular complexity index is 359. The maximum absolute atomic E-state index is 12.3. The zero-order valence-electron chi connectivity index (χ0n) is 10.5. The van der Waals surface area contributed by atoms with Crippen LogP contribution in [0.5, 0.6) is 0 Å². The molecule has 0 spiro atoms. The lowest BCUT2D eigenvalue weighted by molar-refractivity contribution is 0.211. The van der Waals surface area contributed by atoms with Gasteiger partial charge in [0.1, 0.15) is 0 Å². The summed E-state index contributed by atoms with van der Waals surface area (Å²) >= 11 is 0. The molecule has 5 nitrogen and oxygen atoms in total. The van der Waals surface area contributed by atoms with Gasteiger partial charge in [-0.05, 0) is 39.0 Å². The molecule has 1 saturated carbocycles. The van der Waals surface area contributed by atoms with Crippen LogP contribution in [-0.2, 0) is 10.2 Å². The fourth-order valence-electron chi connectivity index (χ4n) is 2.71. The van der Waals surface area contributed by atoms with Gasteiger partial charge in [0.25, 0.3) is 10.2 Å². The minimum absolute atomic E-state index is 0.108. The van der Waals surface area contributed by atoms with Gasteiger partial charge in [-0.25, -0.2) is 0 Å². The lowest BCUT2D eigenvalue weighted by Crippen LogP contribution is -2.62. The third kappa shape index (κ3) is 2.65. The van der Waals surface area contributed by atoms with Gasteiger partial charge in [-0.15, -0.1) is 0 Å². The van der Waals surface area contributed by atoms with Crippen LogP contribution in [0.2, 0.25) is 0 Å². The normalized spacial score (nSPS) is 29.9. The number of rotatable bonds is 4. The molecule has 100 valence electrons. The van der Waals surface area contributed by atoms with Crippen molar-refractivity contribution in [3.63, 3.8) is 0 Å². The van der Waals surface area contributed by atoms with Gasteiger partial charge < -0.3 is 5.73 Å². The zero-order valence-corrected chi connectivity index (χ0v) is 11.3. The Morgan fingerprint density at radius 2 is 2.06 bits per heavy atom. The molecular weight excluding hydrogens is 238 g/mol. The molecule has 0 bridgehead atoms. The SMILES string of the molecule is CC1CCCCN1S(=O)(=O)NC1(CN)CCC1. The molecule has 0 aromatic carbocycles. The van der Waals surface area contributed by atoms with Gasteiger partial charge in [-0.3, -0.25) is 0 Å². The Morgan fingerprint density at radius 1 is 1.35 bits per heavy atom. The van der Waals surface area contributed by atoms with Crippen LogP contribution in [0.15, 0.2) is 0 Å². The Kier molecular flexibility index (Phi) is 3.77. The molecule has 3 N–H and O–H groups in total. The molecule has 0 amide bonds. The minimum atomic E-state index is -3.36. The molecule has 0 radical (unpaired) electrons. The number of nitrogens with one attached hydrogen (secondary N) is 1. The van der Waals surface area contributed by atoms with Crippen LogP contribution in [0.25, 0.3) is 0 Å². The summed E-state index contributed by atoms with van der Waals surface area (Å²) in [7, 11) is -3.36. The van der Waals surface area contributed by atoms with Crippen LogP contribution in [0.3, 0.4) is 0 Å². The average molecular weight is 261 g/mol. The van der Waals surface area contributed by atoms with Crippen molar-refractivity contribution in [3.05, 3.63) is 0 Å². The summed E-state index contributed by atoms with van der Waals surface area (Å²) in [6, 6.07) is 0.108. The molecule has 2 fully saturated rings. The lowest BCUT2D eigenvalue weighted by atomic mass is 9.78. The summed E-state index contributed by atoms with van der Waals surface area (Å²) in [6.45, 7) is 3.01. The second-order valence-corrected chi connectivity index (χ2v) is 7.02. The number of hydrogen-bond donors (Lipinski definition) is 2. The predicted molar refractivity (Wildman–Crippen MR) is 67.7 cm³/mol. The first-order valence-corrected chi connectivity index (χ1v) is 7.94. The van der Waals surface area contributed by atoms with E-state index < -0.39 is 10.2 Å². The van der Waals surface area contributed by atoms with E-state index >= 15 is 0 Å². The van der Waals surface area contributed by atoms with Crippen molar-refractivity contribution in [2.45, 2.75) is 57.0 Å². The van der Waals surface area contributed by atoms with Crippen LogP contribution >= 0.6 is 0 Å². The average Bonchev–Trinajstić information content (AvgIpc) is 2.24. The summed E-state index contributed by atoms with van der Waals surface area (Å²) in [5.41, 5.74) is 5.33. The monoisotopic (exact) mass is 261 g/mol. The predicted octanol–water partition coefficient (Wildman–Crippen LogP) is 0.577. The zero-order chi connectivity index (χ0) is 12.5. The topological polar surface area (TPSA) is 75.4 Å². The highest BCUT2D eigenvalue weighted by Crippen LogP contribution is 2.32. The second kappa shape index (κ2) is 4.84. The number of nitrogens with zero attached hydrogens (tertiary/aromatic N) is 1. The second-order valence-electron chi connectivity index (χ2n) is 5.40. The first-order chi connectivity index (χ1) is 7.99. The van der Waals surface area contributed by atoms with E-state index in [9.17, 15) is 8.42 Å². The standard InChI is InChI=1S/C11H23N3O2S/c1-10-5-2-3-8-14(10)17(15,16)13-11(9-12)6-4-7-11/h10,13H,2-9,12H2,1H3. The smallest absolute Gasteiger partial charge is 0.280 e. The maximum atomic E-state index is 12.3. The van der Waals surface area contributed by atoms with E-state index in [0.29, 0.717) is 13.1 Å². The molecule has 1 atom stereocenters. The highest BCUT2D eigenvalue weighted by molar-refractivity contribution is 7.87. The number of hydrogen-bond acceptors (Lipinski definition) is 3. The largest absolute Gasteiger partial charge is 0.329 e. The van der Waals surface area contributed by atoms with Crippen LogP contribution in [0, 0.1) is 0 Å². The van der Waals surface area contributed by atoms with Crippen LogP contribution in [0.4, 0.5) is 0 Å².